The molecule has 0 radical (unpaired) electrons. The Morgan fingerprint density at radius 3 is 2.52 bits per heavy atom. The second kappa shape index (κ2) is 8.38. The molecule has 0 aliphatic rings. The third-order valence-electron chi connectivity index (χ3n) is 2.69. The SMILES string of the molecule is CC(CCc1ccc(Br)cc1)NC(=O)COCC(F)(F)F. The van der Waals surface area contributed by atoms with Crippen LogP contribution in [0.2, 0.25) is 0 Å². The van der Waals surface area contributed by atoms with Crippen molar-refractivity contribution in [1.29, 1.82) is 0 Å². The minimum absolute atomic E-state index is 0.129. The highest BCUT2D eigenvalue weighted by Gasteiger charge is 2.27. The number of amides is 1. The van der Waals surface area contributed by atoms with Crippen LogP contribution in [-0.2, 0) is 16.0 Å². The number of carbonyl (C=O) groups is 1. The summed E-state index contributed by atoms with van der Waals surface area (Å²) in [5.41, 5.74) is 1.13. The molecule has 0 spiro atoms. The standard InChI is InChI=1S/C14H17BrF3NO2/c1-10(2-3-11-4-6-12(15)7-5-11)19-13(20)8-21-9-14(16,17)18/h4-7,10H,2-3,8-9H2,1H3,(H,19,20). The monoisotopic (exact) mass is 367 g/mol. The Labute approximate surface area is 130 Å². The highest BCUT2D eigenvalue weighted by molar-refractivity contribution is 9.10. The van der Waals surface area contributed by atoms with E-state index in [1.54, 1.807) is 6.92 Å². The van der Waals surface area contributed by atoms with Gasteiger partial charge in [-0.3, -0.25) is 4.79 Å². The largest absolute Gasteiger partial charge is 0.411 e. The summed E-state index contributed by atoms with van der Waals surface area (Å²) in [5, 5.41) is 2.61. The molecule has 0 aromatic heterocycles. The van der Waals surface area contributed by atoms with Crippen LogP contribution in [0.5, 0.6) is 0 Å². The van der Waals surface area contributed by atoms with Crippen molar-refractivity contribution in [2.45, 2.75) is 32.0 Å². The number of carbonyl (C=O) groups excluding carboxylic acids is 1. The molecule has 0 saturated heterocycles. The Morgan fingerprint density at radius 2 is 1.95 bits per heavy atom. The zero-order valence-corrected chi connectivity index (χ0v) is 13.1. The molecule has 1 rings (SSSR count). The van der Waals surface area contributed by atoms with Crippen molar-refractivity contribution in [2.24, 2.45) is 0 Å². The van der Waals surface area contributed by atoms with E-state index in [4.69, 9.17) is 0 Å². The number of rotatable bonds is 7. The van der Waals surface area contributed by atoms with E-state index in [-0.39, 0.29) is 6.04 Å². The molecule has 1 aromatic rings. The van der Waals surface area contributed by atoms with Crippen molar-refractivity contribution < 1.29 is 22.7 Å². The van der Waals surface area contributed by atoms with Gasteiger partial charge in [0.15, 0.2) is 0 Å². The fraction of sp³-hybridized carbons (Fsp3) is 0.500. The molecule has 0 saturated carbocycles. The first-order chi connectivity index (χ1) is 9.76. The Bertz CT molecular complexity index is 449. The summed E-state index contributed by atoms with van der Waals surface area (Å²) in [6.45, 7) is -0.184. The van der Waals surface area contributed by atoms with Gasteiger partial charge in [-0.25, -0.2) is 0 Å². The molecule has 0 bridgehead atoms. The summed E-state index contributed by atoms with van der Waals surface area (Å²) >= 11 is 3.35. The third-order valence-corrected chi connectivity index (χ3v) is 3.21. The van der Waals surface area contributed by atoms with Crippen LogP contribution < -0.4 is 5.32 Å². The van der Waals surface area contributed by atoms with Crippen molar-refractivity contribution >= 4 is 21.8 Å². The van der Waals surface area contributed by atoms with Crippen LogP contribution in [0.4, 0.5) is 13.2 Å². The minimum Gasteiger partial charge on any atom is -0.362 e. The number of benzene rings is 1. The molecule has 0 aliphatic carbocycles. The molecule has 0 aliphatic heterocycles. The lowest BCUT2D eigenvalue weighted by atomic mass is 10.1. The molecule has 0 fully saturated rings. The lowest BCUT2D eigenvalue weighted by Crippen LogP contribution is -2.36. The van der Waals surface area contributed by atoms with Crippen molar-refractivity contribution in [1.82, 2.24) is 5.32 Å². The fourth-order valence-corrected chi connectivity index (χ4v) is 1.95. The molecule has 1 N–H and O–H groups in total. The van der Waals surface area contributed by atoms with Gasteiger partial charge in [0.1, 0.15) is 13.2 Å². The fourth-order valence-electron chi connectivity index (χ4n) is 1.68. The van der Waals surface area contributed by atoms with Crippen molar-refractivity contribution in [3.63, 3.8) is 0 Å². The summed E-state index contributed by atoms with van der Waals surface area (Å²) < 4.78 is 40.8. The number of ether oxygens (including phenoxy) is 1. The normalized spacial score (nSPS) is 13.0. The number of alkyl halides is 3. The van der Waals surface area contributed by atoms with Gasteiger partial charge in [-0.15, -0.1) is 0 Å². The van der Waals surface area contributed by atoms with Crippen LogP contribution in [0.1, 0.15) is 18.9 Å². The first-order valence-corrected chi connectivity index (χ1v) is 7.24. The molecule has 118 valence electrons. The molecular weight excluding hydrogens is 351 g/mol. The minimum atomic E-state index is -4.41. The number of aryl methyl sites for hydroxylation is 1. The Balaban J connectivity index is 2.22. The van der Waals surface area contributed by atoms with Gasteiger partial charge < -0.3 is 10.1 Å². The summed E-state index contributed by atoms with van der Waals surface area (Å²) in [6.07, 6.45) is -2.93. The Morgan fingerprint density at radius 1 is 1.33 bits per heavy atom. The molecule has 21 heavy (non-hydrogen) atoms. The van der Waals surface area contributed by atoms with Crippen molar-refractivity contribution in [3.05, 3.63) is 34.3 Å². The van der Waals surface area contributed by atoms with Gasteiger partial charge in [0.25, 0.3) is 0 Å². The second-order valence-electron chi connectivity index (χ2n) is 4.74. The van der Waals surface area contributed by atoms with Crippen LogP contribution in [0.15, 0.2) is 28.7 Å². The van der Waals surface area contributed by atoms with Gasteiger partial charge in [-0.05, 0) is 37.5 Å². The molecule has 1 aromatic carbocycles. The molecule has 1 amide bonds. The summed E-state index contributed by atoms with van der Waals surface area (Å²) in [6, 6.07) is 7.69. The third kappa shape index (κ3) is 8.72. The molecule has 1 unspecified atom stereocenters. The molecule has 3 nitrogen and oxygen atoms in total. The number of halogens is 4. The first kappa shape index (κ1) is 18.0. The zero-order chi connectivity index (χ0) is 15.9. The predicted molar refractivity (Wildman–Crippen MR) is 76.9 cm³/mol. The van der Waals surface area contributed by atoms with Gasteiger partial charge in [0, 0.05) is 10.5 Å². The average molecular weight is 368 g/mol. The topological polar surface area (TPSA) is 38.3 Å². The molecule has 0 heterocycles. The van der Waals surface area contributed by atoms with Gasteiger partial charge in [-0.1, -0.05) is 28.1 Å². The quantitative estimate of drug-likeness (QED) is 0.801. The predicted octanol–water partition coefficient (Wildman–Crippen LogP) is 3.47. The zero-order valence-electron chi connectivity index (χ0n) is 11.5. The number of hydrogen-bond donors (Lipinski definition) is 1. The van der Waals surface area contributed by atoms with E-state index in [1.165, 1.54) is 0 Å². The van der Waals surface area contributed by atoms with E-state index in [1.807, 2.05) is 24.3 Å². The summed E-state index contributed by atoms with van der Waals surface area (Å²) in [7, 11) is 0. The number of hydrogen-bond acceptors (Lipinski definition) is 2. The number of nitrogens with one attached hydrogen (secondary N) is 1. The average Bonchev–Trinajstić information content (AvgIpc) is 2.36. The van der Waals surface area contributed by atoms with Gasteiger partial charge >= 0.3 is 6.18 Å². The molecule has 1 atom stereocenters. The van der Waals surface area contributed by atoms with E-state index in [0.29, 0.717) is 6.42 Å². The Kier molecular flexibility index (Phi) is 7.17. The summed E-state index contributed by atoms with van der Waals surface area (Å²) in [5.74, 6) is -0.539. The highest BCUT2D eigenvalue weighted by atomic mass is 79.9. The van der Waals surface area contributed by atoms with E-state index >= 15 is 0 Å². The lowest BCUT2D eigenvalue weighted by molar-refractivity contribution is -0.175. The van der Waals surface area contributed by atoms with Crippen LogP contribution in [0.25, 0.3) is 0 Å². The van der Waals surface area contributed by atoms with Crippen molar-refractivity contribution in [2.75, 3.05) is 13.2 Å². The van der Waals surface area contributed by atoms with E-state index in [0.717, 1.165) is 16.5 Å². The molecule has 7 heteroatoms. The van der Waals surface area contributed by atoms with Crippen LogP contribution >= 0.6 is 15.9 Å². The molecular formula is C14H17BrF3NO2. The maximum Gasteiger partial charge on any atom is 0.411 e. The smallest absolute Gasteiger partial charge is 0.362 e. The maximum atomic E-state index is 11.8. The Hall–Kier alpha value is -1.08. The maximum absolute atomic E-state index is 11.8. The lowest BCUT2D eigenvalue weighted by Gasteiger charge is -2.14. The van der Waals surface area contributed by atoms with E-state index < -0.39 is 25.3 Å². The first-order valence-electron chi connectivity index (χ1n) is 6.44. The van der Waals surface area contributed by atoms with E-state index in [9.17, 15) is 18.0 Å². The van der Waals surface area contributed by atoms with E-state index in [2.05, 4.69) is 26.0 Å². The van der Waals surface area contributed by atoms with Crippen LogP contribution in [0.3, 0.4) is 0 Å². The van der Waals surface area contributed by atoms with Crippen LogP contribution in [-0.4, -0.2) is 31.3 Å². The van der Waals surface area contributed by atoms with Crippen LogP contribution in [0, 0.1) is 0 Å². The highest BCUT2D eigenvalue weighted by Crippen LogP contribution is 2.14. The van der Waals surface area contributed by atoms with Gasteiger partial charge in [0.05, 0.1) is 0 Å². The second-order valence-corrected chi connectivity index (χ2v) is 5.66. The van der Waals surface area contributed by atoms with Crippen molar-refractivity contribution in [3.8, 4) is 0 Å². The summed E-state index contributed by atoms with van der Waals surface area (Å²) in [4.78, 5) is 11.4. The van der Waals surface area contributed by atoms with Gasteiger partial charge in [0.2, 0.25) is 5.91 Å². The van der Waals surface area contributed by atoms with Gasteiger partial charge in [-0.2, -0.15) is 13.2 Å².